The Labute approximate surface area is 175 Å². The van der Waals surface area contributed by atoms with E-state index in [1.54, 1.807) is 6.92 Å². The number of rotatable bonds is 2. The lowest BCUT2D eigenvalue weighted by Gasteiger charge is -2.38. The summed E-state index contributed by atoms with van der Waals surface area (Å²) in [5.41, 5.74) is 0.183. The van der Waals surface area contributed by atoms with Crippen molar-refractivity contribution in [3.8, 4) is 6.07 Å². The van der Waals surface area contributed by atoms with Gasteiger partial charge in [-0.3, -0.25) is 4.79 Å². The fourth-order valence-electron chi connectivity index (χ4n) is 3.60. The van der Waals surface area contributed by atoms with Crippen LogP contribution in [0, 0.1) is 11.3 Å². The van der Waals surface area contributed by atoms with Crippen LogP contribution >= 0.6 is 11.6 Å². The molecule has 0 saturated carbocycles. The maximum atomic E-state index is 13.6. The molecule has 0 aromatic heterocycles. The lowest BCUT2D eigenvalue weighted by molar-refractivity contribution is -0.215. The van der Waals surface area contributed by atoms with Gasteiger partial charge in [0, 0.05) is 31.4 Å². The van der Waals surface area contributed by atoms with Crippen molar-refractivity contribution in [1.82, 2.24) is 9.80 Å². The summed E-state index contributed by atoms with van der Waals surface area (Å²) in [6.45, 7) is 1.44. The molecule has 2 heterocycles. The number of hydrogen-bond donors (Lipinski definition) is 1. The molecule has 3 rings (SSSR count). The molecule has 2 amide bonds. The Hall–Kier alpha value is -2.71. The second-order valence-corrected chi connectivity index (χ2v) is 7.46. The number of carboxylic acid groups (broad SMARTS) is 1. The Bertz CT molecular complexity index is 891. The minimum Gasteiger partial charge on any atom is -0.465 e. The van der Waals surface area contributed by atoms with Crippen molar-refractivity contribution in [2.24, 2.45) is 0 Å². The van der Waals surface area contributed by atoms with Crippen molar-refractivity contribution in [2.75, 3.05) is 31.1 Å². The van der Waals surface area contributed by atoms with Gasteiger partial charge in [0.15, 0.2) is 6.10 Å². The fraction of sp³-hybridized carbons (Fsp3) is 0.500. The molecule has 0 bridgehead atoms. The average Bonchev–Trinajstić information content (AvgIpc) is 3.13. The highest BCUT2D eigenvalue weighted by atomic mass is 35.5. The van der Waals surface area contributed by atoms with E-state index in [2.05, 4.69) is 0 Å². The number of nitrogens with zero attached hydrogens (tertiary/aromatic N) is 4. The highest BCUT2D eigenvalue weighted by Gasteiger charge is 2.53. The van der Waals surface area contributed by atoms with Crippen molar-refractivity contribution in [3.05, 3.63) is 28.8 Å². The highest BCUT2D eigenvalue weighted by Crippen LogP contribution is 2.36. The van der Waals surface area contributed by atoms with Crippen LogP contribution in [0.2, 0.25) is 5.02 Å². The zero-order valence-corrected chi connectivity index (χ0v) is 16.5. The van der Waals surface area contributed by atoms with Gasteiger partial charge < -0.3 is 24.5 Å². The number of alkyl halides is 3. The van der Waals surface area contributed by atoms with E-state index in [-0.39, 0.29) is 42.5 Å². The smallest absolute Gasteiger partial charge is 0.433 e. The largest absolute Gasteiger partial charge is 0.465 e. The van der Waals surface area contributed by atoms with Gasteiger partial charge in [-0.2, -0.15) is 18.4 Å². The molecule has 8 nitrogen and oxygen atoms in total. The third-order valence-electron chi connectivity index (χ3n) is 5.08. The van der Waals surface area contributed by atoms with Crippen LogP contribution in [-0.2, 0) is 9.53 Å². The number of amides is 2. The van der Waals surface area contributed by atoms with Crippen molar-refractivity contribution in [2.45, 2.75) is 31.5 Å². The Balaban J connectivity index is 1.79. The van der Waals surface area contributed by atoms with E-state index in [1.807, 2.05) is 6.07 Å². The van der Waals surface area contributed by atoms with Crippen molar-refractivity contribution < 1.29 is 32.6 Å². The molecular formula is C18H18ClF3N4O4. The summed E-state index contributed by atoms with van der Waals surface area (Å²) >= 11 is 5.95. The van der Waals surface area contributed by atoms with Crippen molar-refractivity contribution >= 4 is 29.3 Å². The molecule has 30 heavy (non-hydrogen) atoms. The summed E-state index contributed by atoms with van der Waals surface area (Å²) in [5.74, 6) is -0.636. The quantitative estimate of drug-likeness (QED) is 0.749. The van der Waals surface area contributed by atoms with Crippen LogP contribution in [0.4, 0.5) is 23.7 Å². The van der Waals surface area contributed by atoms with Gasteiger partial charge in [-0.15, -0.1) is 0 Å². The van der Waals surface area contributed by atoms with Gasteiger partial charge in [-0.1, -0.05) is 11.6 Å². The number of ether oxygens (including phenoxy) is 1. The summed E-state index contributed by atoms with van der Waals surface area (Å²) in [5, 5.41) is 18.1. The third kappa shape index (κ3) is 4.24. The number of piperazine rings is 1. The number of benzene rings is 1. The molecule has 0 radical (unpaired) electrons. The van der Waals surface area contributed by atoms with Crippen molar-refractivity contribution in [1.29, 1.82) is 5.26 Å². The number of carbonyl (C=O) groups is 2. The molecule has 12 heteroatoms. The summed E-state index contributed by atoms with van der Waals surface area (Å²) in [6, 6.07) is 5.17. The number of anilines is 1. The maximum absolute atomic E-state index is 13.6. The van der Waals surface area contributed by atoms with Crippen LogP contribution < -0.4 is 4.90 Å². The summed E-state index contributed by atoms with van der Waals surface area (Å²) < 4.78 is 45.8. The van der Waals surface area contributed by atoms with Gasteiger partial charge in [-0.05, 0) is 25.1 Å². The molecule has 0 aliphatic carbocycles. The first-order valence-electron chi connectivity index (χ1n) is 8.99. The van der Waals surface area contributed by atoms with Crippen LogP contribution in [-0.4, -0.2) is 77.6 Å². The first-order valence-corrected chi connectivity index (χ1v) is 9.37. The first-order chi connectivity index (χ1) is 14.0. The number of carbonyl (C=O) groups excluding carboxylic acids is 1. The average molecular weight is 447 g/mol. The molecule has 3 atom stereocenters. The highest BCUT2D eigenvalue weighted by molar-refractivity contribution is 6.32. The van der Waals surface area contributed by atoms with Gasteiger partial charge in [0.2, 0.25) is 6.23 Å². The van der Waals surface area contributed by atoms with Crippen molar-refractivity contribution in [3.63, 3.8) is 0 Å². The third-order valence-corrected chi connectivity index (χ3v) is 5.40. The second-order valence-electron chi connectivity index (χ2n) is 7.06. The van der Waals surface area contributed by atoms with Crippen LogP contribution in [0.15, 0.2) is 18.2 Å². The molecule has 3 unspecified atom stereocenters. The standard InChI is InChI=1S/C18H18ClF3N4O4/c1-10-8-24(4-5-25(10)17(28)29)15(27)14-9-26(16(30-14)18(20,21)22)12-3-2-11(7-23)13(19)6-12/h2-3,6,10,14,16H,4-5,8-9H2,1H3,(H,28,29). The predicted molar refractivity (Wildman–Crippen MR) is 99.0 cm³/mol. The Morgan fingerprint density at radius 1 is 1.30 bits per heavy atom. The molecule has 1 aromatic carbocycles. The normalized spacial score (nSPS) is 24.7. The summed E-state index contributed by atoms with van der Waals surface area (Å²) in [6.07, 6.45) is -9.62. The summed E-state index contributed by atoms with van der Waals surface area (Å²) in [7, 11) is 0. The second kappa shape index (κ2) is 8.20. The van der Waals surface area contributed by atoms with Crippen LogP contribution in [0.25, 0.3) is 0 Å². The van der Waals surface area contributed by atoms with E-state index in [1.165, 1.54) is 28.0 Å². The van der Waals surface area contributed by atoms with Gasteiger partial charge in [0.05, 0.1) is 17.1 Å². The minimum atomic E-state index is -4.77. The molecule has 2 fully saturated rings. The van der Waals surface area contributed by atoms with Crippen LogP contribution in [0.1, 0.15) is 12.5 Å². The van der Waals surface area contributed by atoms with E-state index < -0.39 is 36.6 Å². The molecule has 1 N–H and O–H groups in total. The van der Waals surface area contributed by atoms with E-state index in [4.69, 9.17) is 26.7 Å². The molecule has 0 spiro atoms. The Kier molecular flexibility index (Phi) is 6.01. The van der Waals surface area contributed by atoms with Gasteiger partial charge in [0.1, 0.15) is 6.07 Å². The number of hydrogen-bond acceptors (Lipinski definition) is 5. The van der Waals surface area contributed by atoms with Gasteiger partial charge in [-0.25, -0.2) is 4.79 Å². The van der Waals surface area contributed by atoms with Gasteiger partial charge in [0.25, 0.3) is 5.91 Å². The molecular weight excluding hydrogens is 429 g/mol. The lowest BCUT2D eigenvalue weighted by Crippen LogP contribution is -2.57. The summed E-state index contributed by atoms with van der Waals surface area (Å²) in [4.78, 5) is 27.3. The molecule has 162 valence electrons. The molecule has 2 saturated heterocycles. The zero-order valence-electron chi connectivity index (χ0n) is 15.8. The minimum absolute atomic E-state index is 0.00989. The van der Waals surface area contributed by atoms with E-state index in [0.717, 1.165) is 4.90 Å². The van der Waals surface area contributed by atoms with Gasteiger partial charge >= 0.3 is 12.3 Å². The topological polar surface area (TPSA) is 97.1 Å². The first kappa shape index (κ1) is 22.0. The molecule has 2 aliphatic heterocycles. The Morgan fingerprint density at radius 2 is 2.00 bits per heavy atom. The van der Waals surface area contributed by atoms with Crippen LogP contribution in [0.3, 0.4) is 0 Å². The zero-order chi connectivity index (χ0) is 22.2. The number of nitriles is 1. The Morgan fingerprint density at radius 3 is 2.53 bits per heavy atom. The van der Waals surface area contributed by atoms with E-state index >= 15 is 0 Å². The van der Waals surface area contributed by atoms with E-state index in [0.29, 0.717) is 0 Å². The fourth-order valence-corrected chi connectivity index (χ4v) is 3.81. The van der Waals surface area contributed by atoms with Crippen LogP contribution in [0.5, 0.6) is 0 Å². The lowest BCUT2D eigenvalue weighted by atomic mass is 10.1. The number of halogens is 4. The maximum Gasteiger partial charge on any atom is 0.433 e. The molecule has 2 aliphatic rings. The predicted octanol–water partition coefficient (Wildman–Crippen LogP) is 2.52. The molecule has 1 aromatic rings. The monoisotopic (exact) mass is 446 g/mol. The van der Waals surface area contributed by atoms with E-state index in [9.17, 15) is 22.8 Å². The SMILES string of the molecule is CC1CN(C(=O)C2CN(c3ccc(C#N)c(Cl)c3)C(C(F)(F)F)O2)CCN1C(=O)O.